The number of rotatable bonds is 4. The number of carbonyl (C=O) groups is 2. The molecule has 0 aliphatic carbocycles. The van der Waals surface area contributed by atoms with Gasteiger partial charge < -0.3 is 10.2 Å². The lowest BCUT2D eigenvalue weighted by Gasteiger charge is -2.21. The predicted octanol–water partition coefficient (Wildman–Crippen LogP) is 2.41. The van der Waals surface area contributed by atoms with Crippen molar-refractivity contribution in [1.29, 1.82) is 0 Å². The summed E-state index contributed by atoms with van der Waals surface area (Å²) in [4.78, 5) is 25.5. The van der Waals surface area contributed by atoms with E-state index in [0.29, 0.717) is 13.0 Å². The van der Waals surface area contributed by atoms with Crippen LogP contribution >= 0.6 is 0 Å². The third kappa shape index (κ3) is 4.55. The molecule has 4 nitrogen and oxygen atoms in total. The predicted molar refractivity (Wildman–Crippen MR) is 78.0 cm³/mol. The lowest BCUT2D eigenvalue weighted by molar-refractivity contribution is -0.135. The van der Waals surface area contributed by atoms with Crippen molar-refractivity contribution in [3.8, 4) is 0 Å². The topological polar surface area (TPSA) is 49.4 Å². The molecular formula is C16H21FN2O2. The van der Waals surface area contributed by atoms with E-state index in [1.165, 1.54) is 12.1 Å². The van der Waals surface area contributed by atoms with Gasteiger partial charge in [-0.3, -0.25) is 9.59 Å². The average Bonchev–Trinajstić information content (AvgIpc) is 2.65. The molecule has 21 heavy (non-hydrogen) atoms. The van der Waals surface area contributed by atoms with Gasteiger partial charge in [0.1, 0.15) is 5.82 Å². The third-order valence-corrected chi connectivity index (χ3v) is 3.75. The minimum atomic E-state index is -0.299. The molecule has 0 radical (unpaired) electrons. The van der Waals surface area contributed by atoms with Gasteiger partial charge in [0, 0.05) is 13.0 Å². The van der Waals surface area contributed by atoms with Crippen LogP contribution in [-0.4, -0.2) is 29.8 Å². The van der Waals surface area contributed by atoms with Crippen LogP contribution in [0, 0.1) is 5.82 Å². The molecule has 5 heteroatoms. The van der Waals surface area contributed by atoms with Crippen LogP contribution in [0.1, 0.15) is 44.2 Å². The summed E-state index contributed by atoms with van der Waals surface area (Å²) in [6, 6.07) is 5.83. The molecule has 1 aliphatic heterocycles. The summed E-state index contributed by atoms with van der Waals surface area (Å²) in [7, 11) is 0. The Hall–Kier alpha value is -1.91. The summed E-state index contributed by atoms with van der Waals surface area (Å²) in [5.74, 6) is -0.424. The number of likely N-dealkylation sites (tertiary alicyclic amines) is 1. The Morgan fingerprint density at radius 3 is 2.71 bits per heavy atom. The van der Waals surface area contributed by atoms with E-state index in [-0.39, 0.29) is 30.2 Å². The first-order valence-corrected chi connectivity index (χ1v) is 7.39. The van der Waals surface area contributed by atoms with E-state index in [9.17, 15) is 14.0 Å². The molecule has 0 saturated carbocycles. The normalized spacial score (nSPS) is 17.2. The largest absolute Gasteiger partial charge is 0.348 e. The molecule has 1 aromatic carbocycles. The van der Waals surface area contributed by atoms with Gasteiger partial charge in [-0.15, -0.1) is 0 Å². The van der Waals surface area contributed by atoms with Crippen LogP contribution in [0.2, 0.25) is 0 Å². The second-order valence-electron chi connectivity index (χ2n) is 5.47. The van der Waals surface area contributed by atoms with Crippen molar-refractivity contribution in [3.63, 3.8) is 0 Å². The molecule has 1 aromatic rings. The highest BCUT2D eigenvalue weighted by molar-refractivity contribution is 5.85. The molecule has 1 fully saturated rings. The maximum absolute atomic E-state index is 12.9. The molecule has 1 saturated heterocycles. The highest BCUT2D eigenvalue weighted by Crippen LogP contribution is 2.14. The number of amides is 2. The van der Waals surface area contributed by atoms with Crippen molar-refractivity contribution < 1.29 is 14.0 Å². The Morgan fingerprint density at radius 1 is 1.29 bits per heavy atom. The zero-order valence-electron chi connectivity index (χ0n) is 12.3. The highest BCUT2D eigenvalue weighted by Gasteiger charge is 2.20. The molecule has 0 aromatic heterocycles. The molecule has 1 aliphatic rings. The zero-order valence-corrected chi connectivity index (χ0v) is 12.3. The number of nitrogens with one attached hydrogen (secondary N) is 1. The smallest absolute Gasteiger partial charge is 0.240 e. The fourth-order valence-corrected chi connectivity index (χ4v) is 2.50. The van der Waals surface area contributed by atoms with Crippen molar-refractivity contribution in [1.82, 2.24) is 10.2 Å². The summed E-state index contributed by atoms with van der Waals surface area (Å²) in [5, 5.41) is 2.85. The van der Waals surface area contributed by atoms with Gasteiger partial charge in [0.05, 0.1) is 12.6 Å². The fraction of sp³-hybridized carbons (Fsp3) is 0.500. The number of halogens is 1. The average molecular weight is 292 g/mol. The number of hydrogen-bond acceptors (Lipinski definition) is 2. The third-order valence-electron chi connectivity index (χ3n) is 3.75. The van der Waals surface area contributed by atoms with Crippen molar-refractivity contribution in [2.24, 2.45) is 0 Å². The van der Waals surface area contributed by atoms with Gasteiger partial charge in [0.2, 0.25) is 11.8 Å². The SMILES string of the molecule is CC(NC(=O)CN1CCCCCC1=O)c1ccc(F)cc1. The first-order valence-electron chi connectivity index (χ1n) is 7.39. The van der Waals surface area contributed by atoms with E-state index < -0.39 is 0 Å². The molecule has 2 rings (SSSR count). The van der Waals surface area contributed by atoms with Crippen LogP contribution in [0.5, 0.6) is 0 Å². The maximum atomic E-state index is 12.9. The molecular weight excluding hydrogens is 271 g/mol. The molecule has 2 amide bonds. The highest BCUT2D eigenvalue weighted by atomic mass is 19.1. The van der Waals surface area contributed by atoms with Crippen LogP contribution in [0.4, 0.5) is 4.39 Å². The van der Waals surface area contributed by atoms with Gasteiger partial charge in [-0.1, -0.05) is 18.6 Å². The van der Waals surface area contributed by atoms with Crippen molar-refractivity contribution in [3.05, 3.63) is 35.6 Å². The maximum Gasteiger partial charge on any atom is 0.240 e. The summed E-state index contributed by atoms with van der Waals surface area (Å²) in [6.45, 7) is 2.59. The zero-order chi connectivity index (χ0) is 15.2. The van der Waals surface area contributed by atoms with Gasteiger partial charge in [-0.25, -0.2) is 4.39 Å². The Labute approximate surface area is 124 Å². The van der Waals surface area contributed by atoms with E-state index in [0.717, 1.165) is 24.8 Å². The quantitative estimate of drug-likeness (QED) is 0.926. The Balaban J connectivity index is 1.88. The fourth-order valence-electron chi connectivity index (χ4n) is 2.50. The minimum Gasteiger partial charge on any atom is -0.348 e. The molecule has 1 N–H and O–H groups in total. The number of carbonyl (C=O) groups excluding carboxylic acids is 2. The second kappa shape index (κ2) is 7.20. The molecule has 1 heterocycles. The van der Waals surface area contributed by atoms with Gasteiger partial charge in [-0.2, -0.15) is 0 Å². The minimum absolute atomic E-state index is 0.0529. The van der Waals surface area contributed by atoms with Crippen molar-refractivity contribution in [2.45, 2.75) is 38.6 Å². The van der Waals surface area contributed by atoms with Crippen molar-refractivity contribution in [2.75, 3.05) is 13.1 Å². The summed E-state index contributed by atoms with van der Waals surface area (Å²) < 4.78 is 12.9. The van der Waals surface area contributed by atoms with E-state index in [1.807, 2.05) is 6.92 Å². The lowest BCUT2D eigenvalue weighted by Crippen LogP contribution is -2.41. The van der Waals surface area contributed by atoms with E-state index >= 15 is 0 Å². The lowest BCUT2D eigenvalue weighted by atomic mass is 10.1. The van der Waals surface area contributed by atoms with Gasteiger partial charge in [0.15, 0.2) is 0 Å². The monoisotopic (exact) mass is 292 g/mol. The summed E-state index contributed by atoms with van der Waals surface area (Å²) in [5.41, 5.74) is 0.840. The molecule has 114 valence electrons. The first kappa shape index (κ1) is 15.5. The number of nitrogens with zero attached hydrogens (tertiary/aromatic N) is 1. The van der Waals surface area contributed by atoms with Gasteiger partial charge in [-0.05, 0) is 37.5 Å². The number of hydrogen-bond donors (Lipinski definition) is 1. The van der Waals surface area contributed by atoms with Gasteiger partial charge in [0.25, 0.3) is 0 Å². The Bertz CT molecular complexity index is 502. The van der Waals surface area contributed by atoms with Crippen molar-refractivity contribution >= 4 is 11.8 Å². The van der Waals surface area contributed by atoms with Crippen LogP contribution in [0.15, 0.2) is 24.3 Å². The second-order valence-corrected chi connectivity index (χ2v) is 5.47. The Morgan fingerprint density at radius 2 is 2.00 bits per heavy atom. The number of benzene rings is 1. The van der Waals surface area contributed by atoms with E-state index in [4.69, 9.17) is 0 Å². The van der Waals surface area contributed by atoms with Crippen LogP contribution in [0.3, 0.4) is 0 Å². The standard InChI is InChI=1S/C16H21FN2O2/c1-12(13-6-8-14(17)9-7-13)18-15(20)11-19-10-4-2-3-5-16(19)21/h6-9,12H,2-5,10-11H2,1H3,(H,18,20). The molecule has 0 spiro atoms. The first-order chi connectivity index (χ1) is 10.1. The van der Waals surface area contributed by atoms with Gasteiger partial charge >= 0.3 is 0 Å². The van der Waals surface area contributed by atoms with E-state index in [1.54, 1.807) is 17.0 Å². The summed E-state index contributed by atoms with van der Waals surface area (Å²) >= 11 is 0. The van der Waals surface area contributed by atoms with Crippen LogP contribution in [0.25, 0.3) is 0 Å². The molecule has 1 atom stereocenters. The van der Waals surface area contributed by atoms with E-state index in [2.05, 4.69) is 5.32 Å². The summed E-state index contributed by atoms with van der Waals surface area (Å²) in [6.07, 6.45) is 3.42. The Kier molecular flexibility index (Phi) is 5.31. The van der Waals surface area contributed by atoms with Crippen LogP contribution < -0.4 is 5.32 Å². The molecule has 0 bridgehead atoms. The molecule has 1 unspecified atom stereocenters. The van der Waals surface area contributed by atoms with Crippen LogP contribution in [-0.2, 0) is 9.59 Å².